The second kappa shape index (κ2) is 22.8. The molecular weight excluding hydrogens is 105 g/mol. The molecule has 22 valence electrons. The van der Waals surface area contributed by atoms with Crippen molar-refractivity contribution in [1.82, 2.24) is 0 Å². The minimum Gasteiger partial charge on any atom is -1.00 e. The maximum atomic E-state index is 0. The Bertz CT molecular complexity index is 6.00. The molecule has 4 heteroatoms. The van der Waals surface area contributed by atoms with E-state index in [1.807, 2.05) is 0 Å². The van der Waals surface area contributed by atoms with E-state index in [9.17, 15) is 0 Å². The first-order valence-electron chi connectivity index (χ1n) is 0. The van der Waals surface area contributed by atoms with Gasteiger partial charge in [0.1, 0.15) is 0 Å². The van der Waals surface area contributed by atoms with Crippen LogP contribution in [0.3, 0.4) is 0 Å². The van der Waals surface area contributed by atoms with Crippen LogP contribution in [-0.4, -0.2) is 8.41 Å². The van der Waals surface area contributed by atoms with Crippen molar-refractivity contribution in [3.05, 3.63) is 0 Å². The van der Waals surface area contributed by atoms with Crippen molar-refractivity contribution in [3.8, 4) is 0 Å². The zero-order valence-electron chi connectivity index (χ0n) is 1.79. The quantitative estimate of drug-likeness (QED) is 0.271. The maximum absolute atomic E-state index is 0. The molecule has 0 aliphatic carbocycles. The van der Waals surface area contributed by atoms with Gasteiger partial charge in [-0.2, -0.15) is 0 Å². The molecule has 0 aliphatic rings. The van der Waals surface area contributed by atoms with Crippen molar-refractivity contribution >= 4 is 20.8 Å². The van der Waals surface area contributed by atoms with Gasteiger partial charge in [-0.3, -0.25) is 0 Å². The molecule has 0 saturated heterocycles. The van der Waals surface area contributed by atoms with Gasteiger partial charge in [-0.15, -0.1) is 12.4 Å². The van der Waals surface area contributed by atoms with Crippen LogP contribution in [0.2, 0.25) is 0 Å². The van der Waals surface area contributed by atoms with Gasteiger partial charge in [-0.25, -0.2) is 0 Å². The molecule has 0 N–H and O–H groups in total. The first-order chi connectivity index (χ1) is 0. The Balaban J connectivity index is 0. The van der Waals surface area contributed by atoms with Crippen LogP contribution in [-0.2, 0) is 0 Å². The molecule has 0 rings (SSSR count). The standard InChI is InChI=1S/BH3.2ClH.Na/h1H3;2*1H;/q;;;+1/p-1. The van der Waals surface area contributed by atoms with E-state index in [1.54, 1.807) is 0 Å². The van der Waals surface area contributed by atoms with Crippen molar-refractivity contribution in [3.63, 3.8) is 0 Å². The summed E-state index contributed by atoms with van der Waals surface area (Å²) in [5.74, 6) is 0. The first-order valence-corrected chi connectivity index (χ1v) is 0. The van der Waals surface area contributed by atoms with Crippen LogP contribution >= 0.6 is 12.4 Å². The molecule has 0 amide bonds. The van der Waals surface area contributed by atoms with Crippen molar-refractivity contribution in [1.29, 1.82) is 0 Å². The summed E-state index contributed by atoms with van der Waals surface area (Å²) in [6, 6.07) is 0. The largest absolute Gasteiger partial charge is 1.00 e. The molecule has 0 saturated carbocycles. The minimum atomic E-state index is 0. The normalized spacial score (nSPS) is 0. The predicted octanol–water partition coefficient (Wildman–Crippen LogP) is -6.75. The van der Waals surface area contributed by atoms with E-state index in [1.165, 1.54) is 0 Å². The maximum Gasteiger partial charge on any atom is 1.00 e. The van der Waals surface area contributed by atoms with E-state index >= 15 is 0 Å². The van der Waals surface area contributed by atoms with Gasteiger partial charge in [0.05, 0.1) is 8.41 Å². The zero-order chi connectivity index (χ0) is 0. The fraction of sp³-hybridized carbons (Fsp3) is 0. The molecule has 0 atom stereocenters. The van der Waals surface area contributed by atoms with Crippen LogP contribution in [0.15, 0.2) is 0 Å². The van der Waals surface area contributed by atoms with Gasteiger partial charge in [0, 0.05) is 0 Å². The van der Waals surface area contributed by atoms with E-state index < -0.39 is 0 Å². The zero-order valence-corrected chi connectivity index (χ0v) is 5.36. The second-order valence-electron chi connectivity index (χ2n) is 0. The number of hydrogen-bond acceptors (Lipinski definition) is 0. The molecule has 0 spiro atoms. The summed E-state index contributed by atoms with van der Waals surface area (Å²) in [7, 11) is 0. The fourth-order valence-corrected chi connectivity index (χ4v) is 0. The van der Waals surface area contributed by atoms with Crippen molar-refractivity contribution in [2.24, 2.45) is 0 Å². The van der Waals surface area contributed by atoms with Gasteiger partial charge < -0.3 is 12.4 Å². The minimum absolute atomic E-state index is 0. The third-order valence-electron chi connectivity index (χ3n) is 0. The Kier molecular flexibility index (Phi) is 257. The molecule has 0 aromatic carbocycles. The molecule has 0 bridgehead atoms. The van der Waals surface area contributed by atoms with E-state index in [2.05, 4.69) is 0 Å². The molecule has 0 heterocycles. The predicted molar refractivity (Wildman–Crippen MR) is 17.2 cm³/mol. The van der Waals surface area contributed by atoms with Crippen molar-refractivity contribution < 1.29 is 42.0 Å². The number of hydrogen-bond donors (Lipinski definition) is 0. The van der Waals surface area contributed by atoms with E-state index in [0.29, 0.717) is 0 Å². The molecule has 0 unspecified atom stereocenters. The van der Waals surface area contributed by atoms with E-state index in [-0.39, 0.29) is 62.8 Å². The molecule has 0 fully saturated rings. The third-order valence-corrected chi connectivity index (χ3v) is 0. The van der Waals surface area contributed by atoms with Crippen LogP contribution in [0.1, 0.15) is 0 Å². The smallest absolute Gasteiger partial charge is 1.00 e. The Labute approximate surface area is 62.4 Å². The summed E-state index contributed by atoms with van der Waals surface area (Å²) in [6.45, 7) is 0. The van der Waals surface area contributed by atoms with Gasteiger partial charge in [-0.05, 0) is 0 Å². The third kappa shape index (κ3) is 9.42. The summed E-state index contributed by atoms with van der Waals surface area (Å²) in [5, 5.41) is 0. The summed E-state index contributed by atoms with van der Waals surface area (Å²) >= 11 is 0. The van der Waals surface area contributed by atoms with Crippen molar-refractivity contribution in [2.45, 2.75) is 0 Å². The topological polar surface area (TPSA) is 0 Å². The summed E-state index contributed by atoms with van der Waals surface area (Å²) in [6.07, 6.45) is 0. The van der Waals surface area contributed by atoms with Gasteiger partial charge in [0.25, 0.3) is 0 Å². The molecule has 0 aromatic heterocycles. The van der Waals surface area contributed by atoms with Crippen LogP contribution in [0.4, 0.5) is 0 Å². The van der Waals surface area contributed by atoms with Gasteiger partial charge in [-0.1, -0.05) is 0 Å². The van der Waals surface area contributed by atoms with Crippen LogP contribution in [0, 0.1) is 0 Å². The number of rotatable bonds is 0. The van der Waals surface area contributed by atoms with Crippen LogP contribution in [0.5, 0.6) is 0 Å². The van der Waals surface area contributed by atoms with Gasteiger partial charge in [0.2, 0.25) is 0 Å². The fourth-order valence-electron chi connectivity index (χ4n) is 0. The Morgan fingerprint density at radius 3 is 1.00 bits per heavy atom. The van der Waals surface area contributed by atoms with E-state index in [0.717, 1.165) is 0 Å². The van der Waals surface area contributed by atoms with Crippen LogP contribution < -0.4 is 42.0 Å². The van der Waals surface area contributed by atoms with Crippen LogP contribution in [0.25, 0.3) is 0 Å². The molecule has 0 aliphatic heterocycles. The van der Waals surface area contributed by atoms with E-state index in [4.69, 9.17) is 0 Å². The Morgan fingerprint density at radius 1 is 1.00 bits per heavy atom. The molecule has 0 nitrogen and oxygen atoms in total. The number of halogens is 2. The second-order valence-corrected chi connectivity index (χ2v) is 0. The monoisotopic (exact) mass is 108 g/mol. The molecular formula is H4BCl2Na. The summed E-state index contributed by atoms with van der Waals surface area (Å²) in [4.78, 5) is 0. The average molecular weight is 109 g/mol. The van der Waals surface area contributed by atoms with Crippen molar-refractivity contribution in [2.75, 3.05) is 0 Å². The van der Waals surface area contributed by atoms with Gasteiger partial charge in [0.15, 0.2) is 0 Å². The molecule has 0 radical (unpaired) electrons. The Morgan fingerprint density at radius 2 is 1.00 bits per heavy atom. The summed E-state index contributed by atoms with van der Waals surface area (Å²) in [5.41, 5.74) is 0. The molecule has 4 heavy (non-hydrogen) atoms. The Hall–Kier alpha value is 1.64. The first kappa shape index (κ1) is 45.0. The summed E-state index contributed by atoms with van der Waals surface area (Å²) < 4.78 is 0. The average Bonchev–Trinajstić information content (AvgIpc) is 0. The molecule has 0 aromatic rings. The SMILES string of the molecule is B.Cl.[Cl-].[Na+]. The van der Waals surface area contributed by atoms with Gasteiger partial charge >= 0.3 is 29.6 Å².